The van der Waals surface area contributed by atoms with Gasteiger partial charge in [-0.15, -0.1) is 0 Å². The molecule has 1 atom stereocenters. The van der Waals surface area contributed by atoms with Gasteiger partial charge in [-0.1, -0.05) is 58.4 Å². The quantitative estimate of drug-likeness (QED) is 0.764. The molecule has 0 saturated heterocycles. The van der Waals surface area contributed by atoms with Crippen molar-refractivity contribution in [1.29, 1.82) is 0 Å². The summed E-state index contributed by atoms with van der Waals surface area (Å²) in [6, 6.07) is 8.95. The smallest absolute Gasteiger partial charge is 0.0205 e. The van der Waals surface area contributed by atoms with E-state index in [0.717, 1.165) is 19.0 Å². The van der Waals surface area contributed by atoms with Crippen molar-refractivity contribution < 1.29 is 0 Å². The predicted octanol–water partition coefficient (Wildman–Crippen LogP) is 3.95. The van der Waals surface area contributed by atoms with Crippen LogP contribution in [0.15, 0.2) is 24.3 Å². The van der Waals surface area contributed by atoms with Crippen LogP contribution in [0.1, 0.15) is 51.2 Å². The van der Waals surface area contributed by atoms with Gasteiger partial charge in [-0.05, 0) is 29.5 Å². The van der Waals surface area contributed by atoms with E-state index in [1.807, 2.05) is 0 Å². The fraction of sp³-hybridized carbons (Fsp3) is 0.600. The molecule has 0 saturated carbocycles. The molecule has 0 heterocycles. The summed E-state index contributed by atoms with van der Waals surface area (Å²) in [4.78, 5) is 0. The molecule has 0 aliphatic carbocycles. The Balaban J connectivity index is 2.38. The van der Waals surface area contributed by atoms with Crippen LogP contribution in [-0.4, -0.2) is 6.54 Å². The maximum Gasteiger partial charge on any atom is 0.0205 e. The Morgan fingerprint density at radius 2 is 1.69 bits per heavy atom. The number of rotatable bonds is 6. The highest BCUT2D eigenvalue weighted by Gasteiger charge is 2.00. The van der Waals surface area contributed by atoms with E-state index in [9.17, 15) is 0 Å². The Bertz CT molecular complexity index is 287. The number of nitrogens with one attached hydrogen (secondary N) is 1. The molecule has 1 unspecified atom stereocenters. The molecule has 0 spiro atoms. The van der Waals surface area contributed by atoms with Crippen molar-refractivity contribution >= 4 is 0 Å². The van der Waals surface area contributed by atoms with Gasteiger partial charge in [0.1, 0.15) is 0 Å². The zero-order valence-electron chi connectivity index (χ0n) is 11.1. The first-order chi connectivity index (χ1) is 7.63. The Kier molecular flexibility index (Phi) is 5.54. The number of benzene rings is 1. The Morgan fingerprint density at radius 1 is 1.06 bits per heavy atom. The molecule has 16 heavy (non-hydrogen) atoms. The highest BCUT2D eigenvalue weighted by atomic mass is 14.8. The number of hydrogen-bond acceptors (Lipinski definition) is 1. The summed E-state index contributed by atoms with van der Waals surface area (Å²) < 4.78 is 0. The van der Waals surface area contributed by atoms with Crippen LogP contribution in [0.4, 0.5) is 0 Å². The minimum Gasteiger partial charge on any atom is -0.312 e. The van der Waals surface area contributed by atoms with Crippen molar-refractivity contribution in [2.45, 2.75) is 46.6 Å². The van der Waals surface area contributed by atoms with Gasteiger partial charge in [0.25, 0.3) is 0 Å². The molecule has 90 valence electrons. The van der Waals surface area contributed by atoms with E-state index in [2.05, 4.69) is 57.3 Å². The lowest BCUT2D eigenvalue weighted by Gasteiger charge is -2.11. The van der Waals surface area contributed by atoms with E-state index < -0.39 is 0 Å². The molecule has 0 aliphatic heterocycles. The van der Waals surface area contributed by atoms with Gasteiger partial charge in [0, 0.05) is 6.54 Å². The highest BCUT2D eigenvalue weighted by molar-refractivity contribution is 5.24. The third-order valence-corrected chi connectivity index (χ3v) is 3.17. The summed E-state index contributed by atoms with van der Waals surface area (Å²) in [7, 11) is 0. The van der Waals surface area contributed by atoms with Gasteiger partial charge in [0.15, 0.2) is 0 Å². The average Bonchev–Trinajstić information content (AvgIpc) is 2.29. The summed E-state index contributed by atoms with van der Waals surface area (Å²) in [6.07, 6.45) is 1.25. The van der Waals surface area contributed by atoms with E-state index in [-0.39, 0.29) is 0 Å². The fourth-order valence-electron chi connectivity index (χ4n) is 1.63. The van der Waals surface area contributed by atoms with Crippen LogP contribution >= 0.6 is 0 Å². The average molecular weight is 219 g/mol. The van der Waals surface area contributed by atoms with E-state index in [1.54, 1.807) is 0 Å². The molecule has 1 aromatic carbocycles. The van der Waals surface area contributed by atoms with Gasteiger partial charge in [0.05, 0.1) is 0 Å². The second-order valence-corrected chi connectivity index (χ2v) is 5.04. The van der Waals surface area contributed by atoms with Gasteiger partial charge in [-0.2, -0.15) is 0 Å². The molecule has 0 fully saturated rings. The van der Waals surface area contributed by atoms with Crippen molar-refractivity contribution in [2.24, 2.45) is 5.92 Å². The first kappa shape index (κ1) is 13.2. The summed E-state index contributed by atoms with van der Waals surface area (Å²) in [5, 5.41) is 3.50. The zero-order valence-corrected chi connectivity index (χ0v) is 11.1. The lowest BCUT2D eigenvalue weighted by atomic mass is 10.0. The third kappa shape index (κ3) is 4.36. The highest BCUT2D eigenvalue weighted by Crippen LogP contribution is 2.14. The van der Waals surface area contributed by atoms with E-state index in [0.29, 0.717) is 5.92 Å². The molecule has 1 N–H and O–H groups in total. The molecule has 0 amide bonds. The molecule has 1 heteroatoms. The molecule has 0 aromatic heterocycles. The maximum absolute atomic E-state index is 3.50. The van der Waals surface area contributed by atoms with Crippen LogP contribution in [0.5, 0.6) is 0 Å². The molecule has 0 aliphatic rings. The van der Waals surface area contributed by atoms with Crippen molar-refractivity contribution in [3.05, 3.63) is 35.4 Å². The van der Waals surface area contributed by atoms with Crippen LogP contribution in [0.25, 0.3) is 0 Å². The Morgan fingerprint density at radius 3 is 2.19 bits per heavy atom. The van der Waals surface area contributed by atoms with Crippen LogP contribution in [0.2, 0.25) is 0 Å². The molecular formula is C15H25N. The topological polar surface area (TPSA) is 12.0 Å². The summed E-state index contributed by atoms with van der Waals surface area (Å²) in [5.41, 5.74) is 2.80. The van der Waals surface area contributed by atoms with Gasteiger partial charge < -0.3 is 5.32 Å². The van der Waals surface area contributed by atoms with Gasteiger partial charge in [-0.25, -0.2) is 0 Å². The Labute approximate surface area is 100 Å². The summed E-state index contributed by atoms with van der Waals surface area (Å²) in [5.74, 6) is 1.40. The molecule has 1 aromatic rings. The second kappa shape index (κ2) is 6.70. The first-order valence-electron chi connectivity index (χ1n) is 6.43. The van der Waals surface area contributed by atoms with Gasteiger partial charge in [0.2, 0.25) is 0 Å². The minimum atomic E-state index is 0.627. The van der Waals surface area contributed by atoms with Gasteiger partial charge in [-0.3, -0.25) is 0 Å². The van der Waals surface area contributed by atoms with Crippen molar-refractivity contribution in [1.82, 2.24) is 5.32 Å². The first-order valence-corrected chi connectivity index (χ1v) is 6.43. The SMILES string of the molecule is CCC(C)CNCc1ccc(C(C)C)cc1. The monoisotopic (exact) mass is 219 g/mol. The van der Waals surface area contributed by atoms with E-state index in [1.165, 1.54) is 17.5 Å². The second-order valence-electron chi connectivity index (χ2n) is 5.04. The fourth-order valence-corrected chi connectivity index (χ4v) is 1.63. The largest absolute Gasteiger partial charge is 0.312 e. The van der Waals surface area contributed by atoms with Crippen LogP contribution in [0.3, 0.4) is 0 Å². The molecular weight excluding hydrogens is 194 g/mol. The lowest BCUT2D eigenvalue weighted by molar-refractivity contribution is 0.500. The van der Waals surface area contributed by atoms with Crippen molar-refractivity contribution in [3.63, 3.8) is 0 Å². The normalized spacial score (nSPS) is 13.1. The maximum atomic E-state index is 3.50. The Hall–Kier alpha value is -0.820. The van der Waals surface area contributed by atoms with Crippen LogP contribution in [-0.2, 0) is 6.54 Å². The van der Waals surface area contributed by atoms with E-state index >= 15 is 0 Å². The summed E-state index contributed by atoms with van der Waals surface area (Å²) >= 11 is 0. The van der Waals surface area contributed by atoms with Crippen molar-refractivity contribution in [2.75, 3.05) is 6.54 Å². The molecule has 0 bridgehead atoms. The minimum absolute atomic E-state index is 0.627. The molecule has 1 rings (SSSR count). The molecule has 0 radical (unpaired) electrons. The van der Waals surface area contributed by atoms with Gasteiger partial charge >= 0.3 is 0 Å². The zero-order chi connectivity index (χ0) is 12.0. The van der Waals surface area contributed by atoms with Crippen molar-refractivity contribution in [3.8, 4) is 0 Å². The van der Waals surface area contributed by atoms with E-state index in [4.69, 9.17) is 0 Å². The lowest BCUT2D eigenvalue weighted by Crippen LogP contribution is -2.20. The third-order valence-electron chi connectivity index (χ3n) is 3.17. The predicted molar refractivity (Wildman–Crippen MR) is 71.7 cm³/mol. The number of hydrogen-bond donors (Lipinski definition) is 1. The van der Waals surface area contributed by atoms with Crippen LogP contribution in [0, 0.1) is 5.92 Å². The molecule has 1 nitrogen and oxygen atoms in total. The summed E-state index contributed by atoms with van der Waals surface area (Å²) in [6.45, 7) is 11.1. The standard InChI is InChI=1S/C15H25N/c1-5-13(4)10-16-11-14-6-8-15(9-7-14)12(2)3/h6-9,12-13,16H,5,10-11H2,1-4H3. The van der Waals surface area contributed by atoms with Crippen LogP contribution < -0.4 is 5.32 Å².